The number of hydrogen-bond donors (Lipinski definition) is 4. The van der Waals surface area contributed by atoms with Crippen LogP contribution in [-0.4, -0.2) is 46.5 Å². The minimum atomic E-state index is -1.82. The molecular formula is C22H25ClN2O6. The molecule has 4 N–H and O–H groups in total. The molecule has 0 heterocycles. The third-order valence-electron chi connectivity index (χ3n) is 4.10. The van der Waals surface area contributed by atoms with E-state index in [0.29, 0.717) is 16.3 Å². The van der Waals surface area contributed by atoms with Gasteiger partial charge in [-0.25, -0.2) is 9.59 Å². The Kier molecular flexibility index (Phi) is 11.7. The zero-order chi connectivity index (χ0) is 23.2. The van der Waals surface area contributed by atoms with Crippen LogP contribution in [0.25, 0.3) is 0 Å². The van der Waals surface area contributed by atoms with Crippen molar-refractivity contribution in [2.75, 3.05) is 13.2 Å². The first-order valence-corrected chi connectivity index (χ1v) is 9.88. The zero-order valence-corrected chi connectivity index (χ0v) is 17.7. The van der Waals surface area contributed by atoms with E-state index >= 15 is 0 Å². The molecule has 8 nitrogen and oxygen atoms in total. The van der Waals surface area contributed by atoms with Crippen molar-refractivity contribution in [1.29, 1.82) is 5.26 Å². The molecule has 0 amide bonds. The van der Waals surface area contributed by atoms with Gasteiger partial charge in [0.2, 0.25) is 0 Å². The third kappa shape index (κ3) is 9.96. The fourth-order valence-corrected chi connectivity index (χ4v) is 2.66. The molecule has 31 heavy (non-hydrogen) atoms. The average molecular weight is 449 g/mol. The molecule has 0 aliphatic carbocycles. The quantitative estimate of drug-likeness (QED) is 0.338. The summed E-state index contributed by atoms with van der Waals surface area (Å²) < 4.78 is 6.15. The molecule has 166 valence electrons. The number of aliphatic carboxylic acids is 2. The number of nitriles is 1. The van der Waals surface area contributed by atoms with Gasteiger partial charge in [-0.2, -0.15) is 5.26 Å². The maximum absolute atomic E-state index is 9.29. The number of halogens is 1. The highest BCUT2D eigenvalue weighted by Gasteiger charge is 2.16. The van der Waals surface area contributed by atoms with Crippen LogP contribution < -0.4 is 10.1 Å². The smallest absolute Gasteiger partial charge is 0.414 e. The van der Waals surface area contributed by atoms with Crippen molar-refractivity contribution in [3.8, 4) is 11.8 Å². The van der Waals surface area contributed by atoms with E-state index in [-0.39, 0.29) is 18.8 Å². The van der Waals surface area contributed by atoms with E-state index in [1.165, 1.54) is 0 Å². The lowest BCUT2D eigenvalue weighted by Crippen LogP contribution is -2.30. The lowest BCUT2D eigenvalue weighted by Gasteiger charge is -2.21. The van der Waals surface area contributed by atoms with Crippen LogP contribution in [0.1, 0.15) is 37.0 Å². The summed E-state index contributed by atoms with van der Waals surface area (Å²) in [5.41, 5.74) is 1.53. The molecule has 0 spiro atoms. The molecule has 0 saturated heterocycles. The summed E-state index contributed by atoms with van der Waals surface area (Å²) in [7, 11) is 0. The molecule has 0 saturated carbocycles. The first-order valence-electron chi connectivity index (χ1n) is 9.50. The minimum Gasteiger partial charge on any atom is -0.484 e. The first kappa shape index (κ1) is 25.9. The second kappa shape index (κ2) is 14.0. The first-order chi connectivity index (χ1) is 14.8. The number of rotatable bonds is 9. The maximum atomic E-state index is 9.29. The normalized spacial score (nSPS) is 11.9. The summed E-state index contributed by atoms with van der Waals surface area (Å²) in [4.78, 5) is 18.2. The van der Waals surface area contributed by atoms with Crippen LogP contribution in [0, 0.1) is 11.3 Å². The van der Waals surface area contributed by atoms with Crippen LogP contribution in [0.15, 0.2) is 48.5 Å². The Hall–Kier alpha value is -3.12. The van der Waals surface area contributed by atoms with Gasteiger partial charge < -0.3 is 25.4 Å². The number of hydrogen-bond acceptors (Lipinski definition) is 6. The Balaban J connectivity index is 0.000000703. The molecule has 2 aromatic carbocycles. The van der Waals surface area contributed by atoms with Crippen molar-refractivity contribution in [1.82, 2.24) is 5.32 Å². The number of aliphatic hydroxyl groups is 1. The minimum absolute atomic E-state index is 0.0780. The topological polar surface area (TPSA) is 140 Å². The predicted molar refractivity (Wildman–Crippen MR) is 115 cm³/mol. The SMILES string of the molecule is C[C@H](CO)NCCC[C@@H](Oc1cc(Cl)ccc1C#N)c1ccccc1.O=C(O)C(=O)O. The van der Waals surface area contributed by atoms with Crippen LogP contribution in [0.4, 0.5) is 0 Å². The Labute approximate surface area is 185 Å². The Bertz CT molecular complexity index is 873. The van der Waals surface area contributed by atoms with E-state index in [1.54, 1.807) is 18.2 Å². The fourth-order valence-electron chi connectivity index (χ4n) is 2.50. The number of nitrogens with zero attached hydrogens (tertiary/aromatic N) is 1. The average Bonchev–Trinajstić information content (AvgIpc) is 2.76. The van der Waals surface area contributed by atoms with Gasteiger partial charge in [0.05, 0.1) is 12.2 Å². The van der Waals surface area contributed by atoms with Crippen LogP contribution >= 0.6 is 11.6 Å². The Morgan fingerprint density at radius 2 is 1.81 bits per heavy atom. The number of carbonyl (C=O) groups is 2. The lowest BCUT2D eigenvalue weighted by molar-refractivity contribution is -0.159. The van der Waals surface area contributed by atoms with E-state index in [2.05, 4.69) is 11.4 Å². The monoisotopic (exact) mass is 448 g/mol. The van der Waals surface area contributed by atoms with Gasteiger partial charge in [-0.1, -0.05) is 41.9 Å². The van der Waals surface area contributed by atoms with Crippen molar-refractivity contribution in [2.24, 2.45) is 0 Å². The number of ether oxygens (including phenoxy) is 1. The summed E-state index contributed by atoms with van der Waals surface area (Å²) in [6.45, 7) is 2.85. The summed E-state index contributed by atoms with van der Waals surface area (Å²) in [5.74, 6) is -3.15. The molecule has 0 aliphatic rings. The van der Waals surface area contributed by atoms with Crippen molar-refractivity contribution in [2.45, 2.75) is 31.9 Å². The van der Waals surface area contributed by atoms with Crippen molar-refractivity contribution in [3.63, 3.8) is 0 Å². The van der Waals surface area contributed by atoms with Crippen LogP contribution in [0.3, 0.4) is 0 Å². The van der Waals surface area contributed by atoms with Crippen LogP contribution in [0.5, 0.6) is 5.75 Å². The number of benzene rings is 2. The Morgan fingerprint density at radius 3 is 2.35 bits per heavy atom. The predicted octanol–water partition coefficient (Wildman–Crippen LogP) is 3.24. The molecular weight excluding hydrogens is 424 g/mol. The van der Waals surface area contributed by atoms with Gasteiger partial charge in [0.15, 0.2) is 0 Å². The van der Waals surface area contributed by atoms with Crippen molar-refractivity contribution in [3.05, 3.63) is 64.7 Å². The van der Waals surface area contributed by atoms with Crippen molar-refractivity contribution < 1.29 is 29.6 Å². The van der Waals surface area contributed by atoms with Crippen LogP contribution in [0.2, 0.25) is 5.02 Å². The van der Waals surface area contributed by atoms with E-state index < -0.39 is 11.9 Å². The molecule has 0 aliphatic heterocycles. The molecule has 2 rings (SSSR count). The highest BCUT2D eigenvalue weighted by molar-refractivity contribution is 6.30. The standard InChI is InChI=1S/C20H23ClN2O2.C2H2O4/c1-15(14-24)23-11-5-8-19(16-6-3-2-4-7-16)25-20-12-18(21)10-9-17(20)13-22;3-1(4)2(5)6/h2-4,6-7,9-10,12,15,19,23-24H,5,8,11,14H2,1H3;(H,3,4)(H,5,6)/t15-,19-;/m1./s1. The number of aliphatic hydroxyl groups excluding tert-OH is 1. The summed E-state index contributed by atoms with van der Waals surface area (Å²) in [6.07, 6.45) is 1.50. The zero-order valence-electron chi connectivity index (χ0n) is 17.0. The van der Waals surface area contributed by atoms with Gasteiger partial charge in [0, 0.05) is 17.1 Å². The largest absolute Gasteiger partial charge is 0.484 e. The van der Waals surface area contributed by atoms with Crippen molar-refractivity contribution >= 4 is 23.5 Å². The van der Waals surface area contributed by atoms with Gasteiger partial charge in [0.25, 0.3) is 0 Å². The lowest BCUT2D eigenvalue weighted by atomic mass is 10.0. The van der Waals surface area contributed by atoms with Crippen LogP contribution in [-0.2, 0) is 9.59 Å². The Morgan fingerprint density at radius 1 is 1.16 bits per heavy atom. The highest BCUT2D eigenvalue weighted by atomic mass is 35.5. The molecule has 2 atom stereocenters. The van der Waals surface area contributed by atoms with E-state index in [9.17, 15) is 5.26 Å². The second-order valence-electron chi connectivity index (χ2n) is 6.56. The van der Waals surface area contributed by atoms with Gasteiger partial charge in [-0.05, 0) is 44.0 Å². The highest BCUT2D eigenvalue weighted by Crippen LogP contribution is 2.30. The number of carboxylic acid groups (broad SMARTS) is 2. The molecule has 0 bridgehead atoms. The third-order valence-corrected chi connectivity index (χ3v) is 4.33. The summed E-state index contributed by atoms with van der Waals surface area (Å²) >= 11 is 6.06. The van der Waals surface area contributed by atoms with Gasteiger partial charge >= 0.3 is 11.9 Å². The molecule has 9 heteroatoms. The molecule has 0 fully saturated rings. The van der Waals surface area contributed by atoms with Gasteiger partial charge in [-0.3, -0.25) is 0 Å². The van der Waals surface area contributed by atoms with Gasteiger partial charge in [0.1, 0.15) is 17.9 Å². The molecule has 0 radical (unpaired) electrons. The molecule has 2 aromatic rings. The number of carboxylic acids is 2. The molecule has 0 aromatic heterocycles. The summed E-state index contributed by atoms with van der Waals surface area (Å²) in [6, 6.07) is 17.2. The summed E-state index contributed by atoms with van der Waals surface area (Å²) in [5, 5.41) is 36.9. The van der Waals surface area contributed by atoms with Gasteiger partial charge in [-0.15, -0.1) is 0 Å². The molecule has 0 unspecified atom stereocenters. The van der Waals surface area contributed by atoms with E-state index in [1.807, 2.05) is 37.3 Å². The fraction of sp³-hybridized carbons (Fsp3) is 0.318. The van der Waals surface area contributed by atoms with E-state index in [0.717, 1.165) is 24.9 Å². The van der Waals surface area contributed by atoms with E-state index in [4.69, 9.17) is 41.2 Å². The second-order valence-corrected chi connectivity index (χ2v) is 7.00. The number of nitrogens with one attached hydrogen (secondary N) is 1. The maximum Gasteiger partial charge on any atom is 0.414 e.